The average molecular weight is 273 g/mol. The first kappa shape index (κ1) is 13.5. The third kappa shape index (κ3) is 3.10. The van der Waals surface area contributed by atoms with Crippen LogP contribution in [0.25, 0.3) is 0 Å². The number of hydrogen-bond donors (Lipinski definition) is 4. The van der Waals surface area contributed by atoms with Gasteiger partial charge in [-0.2, -0.15) is 4.98 Å². The Bertz CT molecular complexity index is 664. The number of nitrogens with zero attached hydrogens (tertiary/aromatic N) is 3. The zero-order valence-corrected chi connectivity index (χ0v) is 11.1. The van der Waals surface area contributed by atoms with Crippen LogP contribution in [-0.2, 0) is 11.8 Å². The number of carbonyl (C=O) groups is 1. The lowest BCUT2D eigenvalue weighted by atomic mass is 10.3. The van der Waals surface area contributed by atoms with Crippen LogP contribution in [0.5, 0.6) is 0 Å². The van der Waals surface area contributed by atoms with Gasteiger partial charge >= 0.3 is 0 Å². The van der Waals surface area contributed by atoms with Gasteiger partial charge in [-0.1, -0.05) is 0 Å². The van der Waals surface area contributed by atoms with E-state index in [1.54, 1.807) is 31.3 Å². The molecule has 1 amide bonds. The van der Waals surface area contributed by atoms with Gasteiger partial charge in [-0.15, -0.1) is 5.10 Å². The molecule has 5 N–H and O–H groups in total. The minimum absolute atomic E-state index is 0.0524. The third-order valence-corrected chi connectivity index (χ3v) is 2.50. The molecule has 0 bridgehead atoms. The van der Waals surface area contributed by atoms with Crippen LogP contribution in [0.1, 0.15) is 6.92 Å². The second-order valence-corrected chi connectivity index (χ2v) is 4.18. The van der Waals surface area contributed by atoms with Gasteiger partial charge in [-0.05, 0) is 24.3 Å². The van der Waals surface area contributed by atoms with Crippen LogP contribution in [0.3, 0.4) is 0 Å². The Morgan fingerprint density at radius 3 is 2.45 bits per heavy atom. The number of nitrogens with one attached hydrogen (secondary N) is 3. The van der Waals surface area contributed by atoms with E-state index in [9.17, 15) is 4.79 Å². The molecule has 0 atom stereocenters. The fourth-order valence-electron chi connectivity index (χ4n) is 1.57. The SMILES string of the molecule is CC(=O)Nc1ccc(Nc2nc(N)c(=N)n(C)n2)cc1. The number of rotatable bonds is 3. The van der Waals surface area contributed by atoms with Crippen LogP contribution in [0.2, 0.25) is 0 Å². The zero-order valence-electron chi connectivity index (χ0n) is 11.1. The first-order chi connectivity index (χ1) is 9.45. The molecule has 0 saturated heterocycles. The molecule has 20 heavy (non-hydrogen) atoms. The quantitative estimate of drug-likeness (QED) is 0.651. The van der Waals surface area contributed by atoms with E-state index in [0.717, 1.165) is 5.69 Å². The van der Waals surface area contributed by atoms with Crippen LogP contribution in [-0.4, -0.2) is 20.7 Å². The Balaban J connectivity index is 2.18. The van der Waals surface area contributed by atoms with Gasteiger partial charge in [0.25, 0.3) is 0 Å². The van der Waals surface area contributed by atoms with Gasteiger partial charge in [0.2, 0.25) is 11.9 Å². The smallest absolute Gasteiger partial charge is 0.247 e. The number of aromatic nitrogens is 3. The normalized spacial score (nSPS) is 10.1. The van der Waals surface area contributed by atoms with Gasteiger partial charge in [0.05, 0.1) is 0 Å². The summed E-state index contributed by atoms with van der Waals surface area (Å²) >= 11 is 0. The molecular weight excluding hydrogens is 258 g/mol. The van der Waals surface area contributed by atoms with Crippen molar-refractivity contribution in [2.24, 2.45) is 7.05 Å². The molecule has 1 aromatic heterocycles. The average Bonchev–Trinajstić information content (AvgIpc) is 2.37. The molecule has 8 heteroatoms. The number of hydrogen-bond acceptors (Lipinski definition) is 6. The molecule has 0 unspecified atom stereocenters. The Kier molecular flexibility index (Phi) is 3.65. The Labute approximate surface area is 115 Å². The highest BCUT2D eigenvalue weighted by molar-refractivity contribution is 5.88. The van der Waals surface area contributed by atoms with Crippen LogP contribution in [0.15, 0.2) is 24.3 Å². The van der Waals surface area contributed by atoms with E-state index in [1.165, 1.54) is 11.6 Å². The summed E-state index contributed by atoms with van der Waals surface area (Å²) in [6.07, 6.45) is 0. The van der Waals surface area contributed by atoms with Crippen LogP contribution in [0, 0.1) is 5.41 Å². The van der Waals surface area contributed by atoms with E-state index < -0.39 is 0 Å². The number of carbonyl (C=O) groups excluding carboxylic acids is 1. The lowest BCUT2D eigenvalue weighted by molar-refractivity contribution is -0.114. The van der Waals surface area contributed by atoms with Gasteiger partial charge in [-0.25, -0.2) is 4.68 Å². The maximum Gasteiger partial charge on any atom is 0.247 e. The molecule has 1 heterocycles. The minimum atomic E-state index is -0.125. The van der Waals surface area contributed by atoms with Gasteiger partial charge in [-0.3, -0.25) is 10.2 Å². The van der Waals surface area contributed by atoms with Crippen molar-refractivity contribution >= 4 is 29.0 Å². The van der Waals surface area contributed by atoms with Gasteiger partial charge in [0, 0.05) is 25.3 Å². The Morgan fingerprint density at radius 1 is 1.30 bits per heavy atom. The van der Waals surface area contributed by atoms with Gasteiger partial charge in [0.15, 0.2) is 11.3 Å². The summed E-state index contributed by atoms with van der Waals surface area (Å²) < 4.78 is 1.33. The summed E-state index contributed by atoms with van der Waals surface area (Å²) in [6.45, 7) is 1.45. The van der Waals surface area contributed by atoms with Crippen molar-refractivity contribution < 1.29 is 4.79 Å². The van der Waals surface area contributed by atoms with Gasteiger partial charge in [0.1, 0.15) is 0 Å². The fraction of sp³-hybridized carbons (Fsp3) is 0.167. The topological polar surface area (TPSA) is 122 Å². The van der Waals surface area contributed by atoms with Crippen molar-refractivity contribution in [2.45, 2.75) is 6.92 Å². The summed E-state index contributed by atoms with van der Waals surface area (Å²) in [6, 6.07) is 7.07. The molecule has 2 aromatic rings. The van der Waals surface area contributed by atoms with Crippen molar-refractivity contribution in [3.05, 3.63) is 29.8 Å². The van der Waals surface area contributed by atoms with Crippen molar-refractivity contribution in [3.63, 3.8) is 0 Å². The summed E-state index contributed by atoms with van der Waals surface area (Å²) in [5, 5.41) is 17.3. The van der Waals surface area contributed by atoms with Crippen LogP contribution < -0.4 is 21.9 Å². The highest BCUT2D eigenvalue weighted by atomic mass is 16.1. The Hall–Kier alpha value is -2.90. The van der Waals surface area contributed by atoms with Crippen molar-refractivity contribution in [2.75, 3.05) is 16.4 Å². The first-order valence-electron chi connectivity index (χ1n) is 5.86. The minimum Gasteiger partial charge on any atom is -0.380 e. The van der Waals surface area contributed by atoms with Crippen molar-refractivity contribution in [1.29, 1.82) is 5.41 Å². The molecule has 0 aliphatic heterocycles. The molecule has 0 spiro atoms. The van der Waals surface area contributed by atoms with Crippen LogP contribution >= 0.6 is 0 Å². The van der Waals surface area contributed by atoms with Crippen LogP contribution in [0.4, 0.5) is 23.1 Å². The standard InChI is InChI=1S/C12H15N7O/c1-7(20)15-8-3-5-9(6-4-8)16-12-17-10(13)11(14)19(2)18-12/h3-6,14H,1-2H3,(H,15,20)(H3,13,16,17,18). The highest BCUT2D eigenvalue weighted by Crippen LogP contribution is 2.16. The molecule has 2 rings (SSSR count). The van der Waals surface area contributed by atoms with E-state index in [1.807, 2.05) is 0 Å². The largest absolute Gasteiger partial charge is 0.380 e. The summed E-state index contributed by atoms with van der Waals surface area (Å²) in [5.41, 5.74) is 7.11. The van der Waals surface area contributed by atoms with Gasteiger partial charge < -0.3 is 16.4 Å². The van der Waals surface area contributed by atoms with E-state index in [-0.39, 0.29) is 17.2 Å². The second kappa shape index (κ2) is 5.39. The second-order valence-electron chi connectivity index (χ2n) is 4.18. The molecule has 1 aromatic carbocycles. The third-order valence-electron chi connectivity index (χ3n) is 2.50. The molecular formula is C12H15N7O. The zero-order chi connectivity index (χ0) is 14.7. The predicted octanol–water partition coefficient (Wildman–Crippen LogP) is 0.579. The fourth-order valence-corrected chi connectivity index (χ4v) is 1.57. The lowest BCUT2D eigenvalue weighted by Crippen LogP contribution is -2.25. The summed E-state index contributed by atoms with van der Waals surface area (Å²) in [5.74, 6) is 0.271. The monoisotopic (exact) mass is 273 g/mol. The molecule has 0 radical (unpaired) electrons. The lowest BCUT2D eigenvalue weighted by Gasteiger charge is -2.08. The Morgan fingerprint density at radius 2 is 1.90 bits per heavy atom. The number of nitrogens with two attached hydrogens (primary N) is 1. The number of aryl methyl sites for hydroxylation is 1. The number of amides is 1. The van der Waals surface area contributed by atoms with E-state index in [4.69, 9.17) is 11.1 Å². The molecule has 0 fully saturated rings. The van der Waals surface area contributed by atoms with E-state index >= 15 is 0 Å². The number of benzene rings is 1. The molecule has 0 aliphatic rings. The maximum absolute atomic E-state index is 10.9. The maximum atomic E-state index is 10.9. The molecule has 104 valence electrons. The predicted molar refractivity (Wildman–Crippen MR) is 75.3 cm³/mol. The highest BCUT2D eigenvalue weighted by Gasteiger charge is 2.03. The molecule has 0 saturated carbocycles. The molecule has 0 aliphatic carbocycles. The van der Waals surface area contributed by atoms with E-state index in [0.29, 0.717) is 11.6 Å². The summed E-state index contributed by atoms with van der Waals surface area (Å²) in [7, 11) is 1.62. The number of anilines is 4. The van der Waals surface area contributed by atoms with Crippen molar-refractivity contribution in [1.82, 2.24) is 14.8 Å². The van der Waals surface area contributed by atoms with Crippen molar-refractivity contribution in [3.8, 4) is 0 Å². The first-order valence-corrected chi connectivity index (χ1v) is 5.86. The summed E-state index contributed by atoms with van der Waals surface area (Å²) in [4.78, 5) is 14.9. The van der Waals surface area contributed by atoms with E-state index in [2.05, 4.69) is 20.7 Å². The number of nitrogen functional groups attached to an aromatic ring is 1. The molecule has 8 nitrogen and oxygen atoms in total.